The van der Waals surface area contributed by atoms with Crippen LogP contribution in [-0.4, -0.2) is 69.9 Å². The summed E-state index contributed by atoms with van der Waals surface area (Å²) >= 11 is 0. The van der Waals surface area contributed by atoms with E-state index in [1.807, 2.05) is 68.4 Å². The summed E-state index contributed by atoms with van der Waals surface area (Å²) in [4.78, 5) is 40.5. The number of fused-ring (bicyclic) bond motifs is 2. The van der Waals surface area contributed by atoms with E-state index in [4.69, 9.17) is 9.97 Å². The number of imidazole rings is 1. The zero-order valence-electron chi connectivity index (χ0n) is 28.3. The lowest BCUT2D eigenvalue weighted by Gasteiger charge is -2.46. The zero-order chi connectivity index (χ0) is 34.1. The highest BCUT2D eigenvalue weighted by atomic mass is 19.3. The maximum Gasteiger partial charge on any atom is 0.251 e. The molecular formula is C37H43F2N7O2. The van der Waals surface area contributed by atoms with E-state index in [1.165, 1.54) is 0 Å². The molecule has 2 aromatic heterocycles. The van der Waals surface area contributed by atoms with E-state index >= 15 is 0 Å². The maximum atomic E-state index is 13.9. The van der Waals surface area contributed by atoms with Gasteiger partial charge in [0.05, 0.1) is 23.0 Å². The molecule has 11 heteroatoms. The number of pyridine rings is 1. The normalized spacial score (nSPS) is 22.1. The fourth-order valence-corrected chi connectivity index (χ4v) is 7.63. The summed E-state index contributed by atoms with van der Waals surface area (Å²) < 4.78 is 28.7. The van der Waals surface area contributed by atoms with Gasteiger partial charge < -0.3 is 20.1 Å². The minimum Gasteiger partial charge on any atom is -0.355 e. The number of aromatic nitrogens is 3. The van der Waals surface area contributed by atoms with Gasteiger partial charge in [-0.2, -0.15) is 0 Å². The summed E-state index contributed by atoms with van der Waals surface area (Å²) in [5.41, 5.74) is 6.55. The Bertz CT molecular complexity index is 1910. The molecule has 1 saturated heterocycles. The minimum absolute atomic E-state index is 0.0225. The van der Waals surface area contributed by atoms with Crippen molar-refractivity contribution in [3.05, 3.63) is 65.5 Å². The number of rotatable bonds is 8. The molecule has 1 atom stereocenters. The number of carbonyl (C=O) groups is 2. The Labute approximate surface area is 279 Å². The van der Waals surface area contributed by atoms with Crippen molar-refractivity contribution in [3.63, 3.8) is 0 Å². The molecule has 48 heavy (non-hydrogen) atoms. The third kappa shape index (κ3) is 5.32. The van der Waals surface area contributed by atoms with Crippen LogP contribution in [0.3, 0.4) is 0 Å². The summed E-state index contributed by atoms with van der Waals surface area (Å²) in [7, 11) is 1.62. The van der Waals surface area contributed by atoms with E-state index in [-0.39, 0.29) is 29.9 Å². The van der Waals surface area contributed by atoms with Gasteiger partial charge in [-0.15, -0.1) is 0 Å². The largest absolute Gasteiger partial charge is 0.355 e. The van der Waals surface area contributed by atoms with E-state index in [0.717, 1.165) is 51.9 Å². The molecule has 0 bridgehead atoms. The molecule has 2 N–H and O–H groups in total. The maximum absolute atomic E-state index is 13.9. The molecule has 1 aliphatic carbocycles. The van der Waals surface area contributed by atoms with Crippen molar-refractivity contribution >= 4 is 40.0 Å². The lowest BCUT2D eigenvalue weighted by Crippen LogP contribution is -2.55. The minimum atomic E-state index is -2.28. The quantitative estimate of drug-likeness (QED) is 0.216. The van der Waals surface area contributed by atoms with Crippen molar-refractivity contribution in [2.75, 3.05) is 30.4 Å². The SMILES string of the molecule is CNC(=O)c1cc(Nc2nc(-c3ccc4c(c3)N([C@H]3C[C@@H](N5CCC(C(F)F)C5)C3)C(=O)C4(C)C)cc3ncn(C(C)C)c23)ccc1C. The fourth-order valence-electron chi connectivity index (χ4n) is 7.63. The lowest BCUT2D eigenvalue weighted by molar-refractivity contribution is -0.123. The molecule has 2 aromatic carbocycles. The first kappa shape index (κ1) is 32.2. The van der Waals surface area contributed by atoms with Gasteiger partial charge in [0.1, 0.15) is 5.52 Å². The number of nitrogens with one attached hydrogen (secondary N) is 2. The standard InChI is InChI=1S/C37H43F2N7O2/c1-20(2)45-19-41-30-17-29(43-34(32(30)45)42-24-9-7-21(3)27(14-24)35(47)40-6)22-8-10-28-31(13-22)46(36(48)37(28,4)5)26-15-25(16-26)44-12-11-23(18-44)33(38)39/h7-10,13-14,17,19-20,23,25-26,33H,11-12,15-16,18H2,1-6H3,(H,40,47)(H,42,43)/t23?,25-,26+. The van der Waals surface area contributed by atoms with Crippen molar-refractivity contribution in [3.8, 4) is 11.3 Å². The number of amides is 2. The average Bonchev–Trinajstić information content (AvgIpc) is 3.74. The Hall–Kier alpha value is -4.38. The number of halogens is 2. The summed E-state index contributed by atoms with van der Waals surface area (Å²) in [6.45, 7) is 11.2. The van der Waals surface area contributed by atoms with Gasteiger partial charge in [0.15, 0.2) is 5.82 Å². The van der Waals surface area contributed by atoms with Crippen molar-refractivity contribution in [1.82, 2.24) is 24.8 Å². The molecule has 1 unspecified atom stereocenters. The molecular weight excluding hydrogens is 612 g/mol. The van der Waals surface area contributed by atoms with Crippen LogP contribution in [0.1, 0.15) is 74.5 Å². The predicted molar refractivity (Wildman–Crippen MR) is 184 cm³/mol. The van der Waals surface area contributed by atoms with Gasteiger partial charge >= 0.3 is 0 Å². The Morgan fingerprint density at radius 2 is 1.83 bits per heavy atom. The smallest absolute Gasteiger partial charge is 0.251 e. The number of benzene rings is 2. The second kappa shape index (κ2) is 11.9. The summed E-state index contributed by atoms with van der Waals surface area (Å²) in [5, 5.41) is 6.19. The molecule has 4 heterocycles. The predicted octanol–water partition coefficient (Wildman–Crippen LogP) is 6.83. The van der Waals surface area contributed by atoms with E-state index in [1.54, 1.807) is 7.05 Å². The average molecular weight is 656 g/mol. The van der Waals surface area contributed by atoms with Gasteiger partial charge in [-0.3, -0.25) is 14.5 Å². The Balaban J connectivity index is 1.24. The molecule has 0 spiro atoms. The van der Waals surface area contributed by atoms with Gasteiger partial charge in [0.25, 0.3) is 5.91 Å². The van der Waals surface area contributed by atoms with Gasteiger partial charge in [-0.1, -0.05) is 18.2 Å². The number of alkyl halides is 2. The molecule has 1 saturated carbocycles. The number of hydrogen-bond donors (Lipinski definition) is 2. The molecule has 252 valence electrons. The molecule has 9 nitrogen and oxygen atoms in total. The summed E-state index contributed by atoms with van der Waals surface area (Å²) in [6, 6.07) is 14.1. The summed E-state index contributed by atoms with van der Waals surface area (Å²) in [6.07, 6.45) is 1.63. The highest BCUT2D eigenvalue weighted by molar-refractivity contribution is 6.09. The second-order valence-corrected chi connectivity index (χ2v) is 14.4. The van der Waals surface area contributed by atoms with Crippen molar-refractivity contribution in [2.45, 2.75) is 83.8 Å². The van der Waals surface area contributed by atoms with Gasteiger partial charge in [0.2, 0.25) is 12.3 Å². The van der Waals surface area contributed by atoms with Crippen LogP contribution in [0.5, 0.6) is 0 Å². The lowest BCUT2D eigenvalue weighted by atomic mass is 9.83. The molecule has 4 aromatic rings. The highest BCUT2D eigenvalue weighted by Crippen LogP contribution is 2.48. The molecule has 2 amide bonds. The van der Waals surface area contributed by atoms with Crippen LogP contribution in [0.25, 0.3) is 22.3 Å². The second-order valence-electron chi connectivity index (χ2n) is 14.4. The Kier molecular flexibility index (Phi) is 8.01. The highest BCUT2D eigenvalue weighted by Gasteiger charge is 2.50. The first-order valence-electron chi connectivity index (χ1n) is 16.9. The first-order valence-corrected chi connectivity index (χ1v) is 16.9. The first-order chi connectivity index (χ1) is 22.9. The zero-order valence-corrected chi connectivity index (χ0v) is 28.3. The number of hydrogen-bond acceptors (Lipinski definition) is 6. The van der Waals surface area contributed by atoms with E-state index in [0.29, 0.717) is 36.6 Å². The number of aryl methyl sites for hydroxylation is 1. The van der Waals surface area contributed by atoms with Crippen LogP contribution in [0.4, 0.5) is 26.0 Å². The third-order valence-corrected chi connectivity index (χ3v) is 10.6. The van der Waals surface area contributed by atoms with Crippen LogP contribution >= 0.6 is 0 Å². The van der Waals surface area contributed by atoms with Crippen LogP contribution in [0, 0.1) is 12.8 Å². The number of nitrogens with zero attached hydrogens (tertiary/aromatic N) is 5. The van der Waals surface area contributed by atoms with Crippen molar-refractivity contribution < 1.29 is 18.4 Å². The van der Waals surface area contributed by atoms with Crippen LogP contribution in [-0.2, 0) is 10.2 Å². The number of anilines is 3. The van der Waals surface area contributed by atoms with Gasteiger partial charge in [-0.25, -0.2) is 18.7 Å². The van der Waals surface area contributed by atoms with Crippen LogP contribution in [0.15, 0.2) is 48.8 Å². The topological polar surface area (TPSA) is 95.4 Å². The van der Waals surface area contributed by atoms with E-state index in [2.05, 4.69) is 40.0 Å². The molecule has 0 radical (unpaired) electrons. The van der Waals surface area contributed by atoms with Crippen LogP contribution in [0.2, 0.25) is 0 Å². The number of carbonyl (C=O) groups excluding carboxylic acids is 2. The van der Waals surface area contributed by atoms with Crippen molar-refractivity contribution in [2.24, 2.45) is 5.92 Å². The molecule has 2 fully saturated rings. The van der Waals surface area contributed by atoms with Gasteiger partial charge in [0, 0.05) is 60.1 Å². The Morgan fingerprint density at radius 3 is 2.52 bits per heavy atom. The van der Waals surface area contributed by atoms with Gasteiger partial charge in [-0.05, 0) is 95.8 Å². The number of likely N-dealkylation sites (tertiary alicyclic amines) is 1. The van der Waals surface area contributed by atoms with E-state index in [9.17, 15) is 18.4 Å². The van der Waals surface area contributed by atoms with E-state index < -0.39 is 17.8 Å². The van der Waals surface area contributed by atoms with Crippen LogP contribution < -0.4 is 15.5 Å². The Morgan fingerprint density at radius 1 is 1.06 bits per heavy atom. The summed E-state index contributed by atoms with van der Waals surface area (Å²) in [5.74, 6) is -0.0351. The molecule has 7 rings (SSSR count). The molecule has 2 aliphatic heterocycles. The fraction of sp³-hybridized carbons (Fsp3) is 0.459. The molecule has 3 aliphatic rings. The monoisotopic (exact) mass is 655 g/mol. The third-order valence-electron chi connectivity index (χ3n) is 10.6. The van der Waals surface area contributed by atoms with Crippen molar-refractivity contribution in [1.29, 1.82) is 0 Å².